The van der Waals surface area contributed by atoms with Crippen LogP contribution in [0.4, 0.5) is 4.39 Å². The molecule has 1 aliphatic heterocycles. The lowest BCUT2D eigenvalue weighted by molar-refractivity contribution is 0.173. The molecule has 0 aliphatic carbocycles. The molecule has 66 valence electrons. The van der Waals surface area contributed by atoms with Gasteiger partial charge in [0.15, 0.2) is 17.3 Å². The van der Waals surface area contributed by atoms with E-state index in [-0.39, 0.29) is 23.1 Å². The van der Waals surface area contributed by atoms with Crippen LogP contribution in [0.25, 0.3) is 0 Å². The first-order valence-electron chi connectivity index (χ1n) is 3.41. The average Bonchev–Trinajstić information content (AvgIpc) is 2.54. The van der Waals surface area contributed by atoms with E-state index in [1.54, 1.807) is 6.07 Å². The van der Waals surface area contributed by atoms with Gasteiger partial charge in [0.2, 0.25) is 6.79 Å². The SMILES string of the molecule is N#Cc1c(F)c(Cl)cc2c1OCO2. The smallest absolute Gasteiger partial charge is 0.231 e. The zero-order valence-corrected chi connectivity index (χ0v) is 7.06. The highest BCUT2D eigenvalue weighted by atomic mass is 35.5. The van der Waals surface area contributed by atoms with Crippen molar-refractivity contribution in [3.8, 4) is 17.6 Å². The van der Waals surface area contributed by atoms with E-state index in [1.807, 2.05) is 0 Å². The van der Waals surface area contributed by atoms with Crippen molar-refractivity contribution in [2.24, 2.45) is 0 Å². The maximum Gasteiger partial charge on any atom is 0.231 e. The molecule has 0 saturated carbocycles. The number of halogens is 2. The summed E-state index contributed by atoms with van der Waals surface area (Å²) in [6.45, 7) is -0.0101. The van der Waals surface area contributed by atoms with Crippen molar-refractivity contribution in [1.29, 1.82) is 5.26 Å². The van der Waals surface area contributed by atoms with E-state index in [0.717, 1.165) is 0 Å². The summed E-state index contributed by atoms with van der Waals surface area (Å²) in [7, 11) is 0. The van der Waals surface area contributed by atoms with E-state index in [2.05, 4.69) is 0 Å². The Morgan fingerprint density at radius 1 is 1.54 bits per heavy atom. The Bertz CT molecular complexity index is 414. The molecule has 13 heavy (non-hydrogen) atoms. The lowest BCUT2D eigenvalue weighted by Gasteiger charge is -2.00. The molecule has 0 amide bonds. The Morgan fingerprint density at radius 2 is 2.31 bits per heavy atom. The largest absolute Gasteiger partial charge is 0.453 e. The summed E-state index contributed by atoms with van der Waals surface area (Å²) in [5, 5.41) is 8.48. The third-order valence-corrected chi connectivity index (χ3v) is 1.94. The van der Waals surface area contributed by atoms with E-state index in [0.29, 0.717) is 5.75 Å². The number of nitrogens with zero attached hydrogens (tertiary/aromatic N) is 1. The van der Waals surface area contributed by atoms with Crippen molar-refractivity contribution in [3.05, 3.63) is 22.5 Å². The zero-order valence-electron chi connectivity index (χ0n) is 6.30. The van der Waals surface area contributed by atoms with Crippen LogP contribution in [-0.4, -0.2) is 6.79 Å². The monoisotopic (exact) mass is 199 g/mol. The maximum atomic E-state index is 13.2. The highest BCUT2D eigenvalue weighted by Crippen LogP contribution is 2.39. The summed E-state index contributed by atoms with van der Waals surface area (Å²) >= 11 is 5.51. The van der Waals surface area contributed by atoms with E-state index in [4.69, 9.17) is 26.3 Å². The number of hydrogen-bond donors (Lipinski definition) is 0. The van der Waals surface area contributed by atoms with Crippen LogP contribution in [0.1, 0.15) is 5.56 Å². The van der Waals surface area contributed by atoms with Crippen LogP contribution < -0.4 is 9.47 Å². The van der Waals surface area contributed by atoms with Gasteiger partial charge in [-0.3, -0.25) is 0 Å². The molecule has 0 N–H and O–H groups in total. The molecule has 2 rings (SSSR count). The van der Waals surface area contributed by atoms with Crippen molar-refractivity contribution in [2.45, 2.75) is 0 Å². The van der Waals surface area contributed by atoms with Gasteiger partial charge in [0.1, 0.15) is 11.6 Å². The predicted molar refractivity (Wildman–Crippen MR) is 42.2 cm³/mol. The third kappa shape index (κ3) is 1.09. The predicted octanol–water partition coefficient (Wildman–Crippen LogP) is 2.08. The van der Waals surface area contributed by atoms with E-state index in [9.17, 15) is 4.39 Å². The fraction of sp³-hybridized carbons (Fsp3) is 0.125. The molecule has 0 fully saturated rings. The number of fused-ring (bicyclic) bond motifs is 1. The number of hydrogen-bond acceptors (Lipinski definition) is 3. The number of ether oxygens (including phenoxy) is 2. The second-order valence-corrected chi connectivity index (χ2v) is 2.80. The fourth-order valence-electron chi connectivity index (χ4n) is 1.09. The van der Waals surface area contributed by atoms with Gasteiger partial charge in [-0.05, 0) is 0 Å². The Kier molecular flexibility index (Phi) is 1.74. The van der Waals surface area contributed by atoms with Crippen LogP contribution >= 0.6 is 11.6 Å². The van der Waals surface area contributed by atoms with Crippen LogP contribution in [0.15, 0.2) is 6.07 Å². The van der Waals surface area contributed by atoms with Gasteiger partial charge >= 0.3 is 0 Å². The molecule has 0 saturated heterocycles. The van der Waals surface area contributed by atoms with Gasteiger partial charge in [-0.1, -0.05) is 11.6 Å². The topological polar surface area (TPSA) is 42.2 Å². The molecule has 1 aromatic carbocycles. The van der Waals surface area contributed by atoms with E-state index < -0.39 is 5.82 Å². The second-order valence-electron chi connectivity index (χ2n) is 2.39. The van der Waals surface area contributed by atoms with Crippen molar-refractivity contribution >= 4 is 11.6 Å². The minimum Gasteiger partial charge on any atom is -0.453 e. The van der Waals surface area contributed by atoms with Crippen LogP contribution in [-0.2, 0) is 0 Å². The van der Waals surface area contributed by atoms with Crippen molar-refractivity contribution < 1.29 is 13.9 Å². The molecule has 0 unspecified atom stereocenters. The molecule has 5 heteroatoms. The quantitative estimate of drug-likeness (QED) is 0.643. The standard InChI is InChI=1S/C8H3ClFNO2/c9-5-1-6-8(13-3-12-6)4(2-11)7(5)10/h1H,3H2. The maximum absolute atomic E-state index is 13.2. The van der Waals surface area contributed by atoms with Crippen LogP contribution in [0.5, 0.6) is 11.5 Å². The zero-order chi connectivity index (χ0) is 9.42. The molecular weight excluding hydrogens is 197 g/mol. The molecule has 0 radical (unpaired) electrons. The minimum absolute atomic E-state index is 0.0101. The highest BCUT2D eigenvalue weighted by Gasteiger charge is 2.23. The van der Waals surface area contributed by atoms with Gasteiger partial charge in [0, 0.05) is 6.07 Å². The Hall–Kier alpha value is -1.47. The lowest BCUT2D eigenvalue weighted by atomic mass is 10.2. The average molecular weight is 200 g/mol. The number of benzene rings is 1. The Balaban J connectivity index is 2.73. The minimum atomic E-state index is -0.770. The highest BCUT2D eigenvalue weighted by molar-refractivity contribution is 6.31. The van der Waals surface area contributed by atoms with Gasteiger partial charge in [-0.25, -0.2) is 4.39 Å². The molecule has 0 bridgehead atoms. The van der Waals surface area contributed by atoms with E-state index >= 15 is 0 Å². The van der Waals surface area contributed by atoms with Gasteiger partial charge in [0.25, 0.3) is 0 Å². The first-order valence-corrected chi connectivity index (χ1v) is 3.79. The normalized spacial score (nSPS) is 12.7. The van der Waals surface area contributed by atoms with Gasteiger partial charge in [-0.2, -0.15) is 5.26 Å². The Morgan fingerprint density at radius 3 is 3.00 bits per heavy atom. The molecule has 3 nitrogen and oxygen atoms in total. The summed E-state index contributed by atoms with van der Waals surface area (Å²) < 4.78 is 23.0. The molecule has 1 aromatic rings. The molecule has 0 aromatic heterocycles. The van der Waals surface area contributed by atoms with E-state index in [1.165, 1.54) is 6.07 Å². The van der Waals surface area contributed by atoms with Crippen molar-refractivity contribution in [3.63, 3.8) is 0 Å². The van der Waals surface area contributed by atoms with Gasteiger partial charge < -0.3 is 9.47 Å². The van der Waals surface area contributed by atoms with Gasteiger partial charge in [0.05, 0.1) is 5.02 Å². The van der Waals surface area contributed by atoms with Crippen molar-refractivity contribution in [2.75, 3.05) is 6.79 Å². The lowest BCUT2D eigenvalue weighted by Crippen LogP contribution is -1.94. The molecule has 0 spiro atoms. The molecule has 1 aliphatic rings. The summed E-state index contributed by atoms with van der Waals surface area (Å²) in [6.07, 6.45) is 0. The summed E-state index contributed by atoms with van der Waals surface area (Å²) in [5.41, 5.74) is -0.208. The summed E-state index contributed by atoms with van der Waals surface area (Å²) in [4.78, 5) is 0. The van der Waals surface area contributed by atoms with Crippen LogP contribution in [0.3, 0.4) is 0 Å². The first-order chi connectivity index (χ1) is 6.24. The molecular formula is C8H3ClFNO2. The summed E-state index contributed by atoms with van der Waals surface area (Å²) in [6, 6.07) is 2.96. The molecule has 1 heterocycles. The van der Waals surface area contributed by atoms with Crippen LogP contribution in [0, 0.1) is 17.1 Å². The fourth-order valence-corrected chi connectivity index (χ4v) is 1.28. The molecule has 0 atom stereocenters. The number of nitriles is 1. The Labute approximate surface area is 78.2 Å². The van der Waals surface area contributed by atoms with Crippen molar-refractivity contribution in [1.82, 2.24) is 0 Å². The third-order valence-electron chi connectivity index (χ3n) is 1.67. The second kappa shape index (κ2) is 2.79. The van der Waals surface area contributed by atoms with Gasteiger partial charge in [-0.15, -0.1) is 0 Å². The van der Waals surface area contributed by atoms with Crippen LogP contribution in [0.2, 0.25) is 5.02 Å². The summed E-state index contributed by atoms with van der Waals surface area (Å²) in [5.74, 6) is -0.333. The first kappa shape index (κ1) is 8.14. The number of rotatable bonds is 0.